The molecule has 4 aromatic rings. The van der Waals surface area contributed by atoms with Crippen molar-refractivity contribution >= 4 is 11.6 Å². The van der Waals surface area contributed by atoms with Gasteiger partial charge in [-0.1, -0.05) is 71.3 Å². The first-order chi connectivity index (χ1) is 12.6. The van der Waals surface area contributed by atoms with Crippen molar-refractivity contribution in [3.8, 4) is 33.9 Å². The van der Waals surface area contributed by atoms with Crippen LogP contribution in [0.1, 0.15) is 11.1 Å². The quantitative estimate of drug-likeness (QED) is 0.434. The van der Waals surface area contributed by atoms with Crippen LogP contribution in [0.15, 0.2) is 72.8 Å². The molecule has 0 radical (unpaired) electrons. The third-order valence-corrected chi connectivity index (χ3v) is 4.76. The molecule has 0 aliphatic rings. The number of halogens is 1. The SMILES string of the molecule is Cc1cccc(-c2nc(-c3ccccc3Cl)[nH]c2-c2cccc(C)c2)c1. The van der Waals surface area contributed by atoms with Gasteiger partial charge in [0.25, 0.3) is 0 Å². The van der Waals surface area contributed by atoms with Gasteiger partial charge in [0.05, 0.1) is 16.4 Å². The first-order valence-corrected chi connectivity index (χ1v) is 8.98. The summed E-state index contributed by atoms with van der Waals surface area (Å²) < 4.78 is 0. The van der Waals surface area contributed by atoms with E-state index in [2.05, 4.69) is 67.4 Å². The molecule has 2 nitrogen and oxygen atoms in total. The van der Waals surface area contributed by atoms with Crippen molar-refractivity contribution in [2.45, 2.75) is 13.8 Å². The number of aromatic nitrogens is 2. The molecule has 26 heavy (non-hydrogen) atoms. The third kappa shape index (κ3) is 3.16. The number of imidazole rings is 1. The summed E-state index contributed by atoms with van der Waals surface area (Å²) in [6.45, 7) is 4.19. The maximum atomic E-state index is 6.40. The van der Waals surface area contributed by atoms with Crippen LogP contribution in [0.4, 0.5) is 0 Å². The fourth-order valence-electron chi connectivity index (χ4n) is 3.16. The Hall–Kier alpha value is -2.84. The normalized spacial score (nSPS) is 10.9. The Labute approximate surface area is 158 Å². The monoisotopic (exact) mass is 358 g/mol. The van der Waals surface area contributed by atoms with E-state index in [1.165, 1.54) is 11.1 Å². The average molecular weight is 359 g/mol. The fraction of sp³-hybridized carbons (Fsp3) is 0.0870. The first kappa shape index (κ1) is 16.6. The summed E-state index contributed by atoms with van der Waals surface area (Å²) in [5, 5.41) is 0.688. The molecule has 0 amide bonds. The summed E-state index contributed by atoms with van der Waals surface area (Å²) in [6, 6.07) is 24.6. The molecule has 0 atom stereocenters. The molecule has 3 aromatic carbocycles. The van der Waals surface area contributed by atoms with Crippen LogP contribution in [0.2, 0.25) is 5.02 Å². The Kier molecular flexibility index (Phi) is 4.36. The van der Waals surface area contributed by atoms with Crippen molar-refractivity contribution < 1.29 is 0 Å². The number of hydrogen-bond donors (Lipinski definition) is 1. The van der Waals surface area contributed by atoms with Crippen LogP contribution in [0.3, 0.4) is 0 Å². The lowest BCUT2D eigenvalue weighted by Crippen LogP contribution is -1.85. The number of aryl methyl sites for hydroxylation is 2. The van der Waals surface area contributed by atoms with E-state index in [9.17, 15) is 0 Å². The molecule has 1 N–H and O–H groups in total. The van der Waals surface area contributed by atoms with Gasteiger partial charge in [0.1, 0.15) is 5.82 Å². The van der Waals surface area contributed by atoms with Gasteiger partial charge >= 0.3 is 0 Å². The van der Waals surface area contributed by atoms with Gasteiger partial charge in [0, 0.05) is 16.7 Å². The summed E-state index contributed by atoms with van der Waals surface area (Å²) in [5.74, 6) is 0.781. The molecule has 0 saturated carbocycles. The molecule has 0 unspecified atom stereocenters. The molecule has 0 spiro atoms. The average Bonchev–Trinajstić information content (AvgIpc) is 3.07. The van der Waals surface area contributed by atoms with E-state index in [4.69, 9.17) is 16.6 Å². The van der Waals surface area contributed by atoms with Gasteiger partial charge in [-0.2, -0.15) is 0 Å². The highest BCUT2D eigenvalue weighted by molar-refractivity contribution is 6.33. The largest absolute Gasteiger partial charge is 0.337 e. The van der Waals surface area contributed by atoms with Gasteiger partial charge in [-0.3, -0.25) is 0 Å². The van der Waals surface area contributed by atoms with E-state index in [0.717, 1.165) is 33.9 Å². The lowest BCUT2D eigenvalue weighted by atomic mass is 10.0. The summed E-state index contributed by atoms with van der Waals surface area (Å²) in [7, 11) is 0. The molecule has 0 fully saturated rings. The van der Waals surface area contributed by atoms with Gasteiger partial charge in [-0.05, 0) is 38.1 Å². The van der Waals surface area contributed by atoms with Crippen molar-refractivity contribution in [1.29, 1.82) is 0 Å². The van der Waals surface area contributed by atoms with Crippen LogP contribution < -0.4 is 0 Å². The molecule has 0 saturated heterocycles. The maximum absolute atomic E-state index is 6.40. The maximum Gasteiger partial charge on any atom is 0.140 e. The number of rotatable bonds is 3. The summed E-state index contributed by atoms with van der Waals surface area (Å²) in [4.78, 5) is 8.42. The zero-order valence-electron chi connectivity index (χ0n) is 14.8. The van der Waals surface area contributed by atoms with Crippen LogP contribution in [-0.2, 0) is 0 Å². The van der Waals surface area contributed by atoms with Gasteiger partial charge < -0.3 is 4.98 Å². The molecule has 0 bridgehead atoms. The Bertz CT molecular complexity index is 1020. The van der Waals surface area contributed by atoms with Gasteiger partial charge in [-0.15, -0.1) is 0 Å². The topological polar surface area (TPSA) is 28.7 Å². The van der Waals surface area contributed by atoms with E-state index in [0.29, 0.717) is 5.02 Å². The van der Waals surface area contributed by atoms with Crippen LogP contribution in [0.5, 0.6) is 0 Å². The second-order valence-corrected chi connectivity index (χ2v) is 6.94. The van der Waals surface area contributed by atoms with E-state index in [1.807, 2.05) is 24.3 Å². The van der Waals surface area contributed by atoms with Gasteiger partial charge in [-0.25, -0.2) is 4.98 Å². The molecule has 1 heterocycles. The molecule has 1 aromatic heterocycles. The molecular weight excluding hydrogens is 340 g/mol. The van der Waals surface area contributed by atoms with Crippen LogP contribution in [-0.4, -0.2) is 9.97 Å². The van der Waals surface area contributed by atoms with Crippen molar-refractivity contribution in [2.75, 3.05) is 0 Å². The highest BCUT2D eigenvalue weighted by Gasteiger charge is 2.16. The summed E-state index contributed by atoms with van der Waals surface area (Å²) in [5.41, 5.74) is 7.49. The summed E-state index contributed by atoms with van der Waals surface area (Å²) >= 11 is 6.40. The predicted octanol–water partition coefficient (Wildman–Crippen LogP) is 6.68. The predicted molar refractivity (Wildman–Crippen MR) is 109 cm³/mol. The Morgan fingerprint density at radius 1 is 0.769 bits per heavy atom. The minimum Gasteiger partial charge on any atom is -0.337 e. The number of hydrogen-bond acceptors (Lipinski definition) is 1. The minimum atomic E-state index is 0.688. The Balaban J connectivity index is 1.95. The second kappa shape index (κ2) is 6.81. The number of benzene rings is 3. The highest BCUT2D eigenvalue weighted by Crippen LogP contribution is 2.35. The van der Waals surface area contributed by atoms with E-state index < -0.39 is 0 Å². The van der Waals surface area contributed by atoms with E-state index in [1.54, 1.807) is 0 Å². The molecule has 4 rings (SSSR count). The molecule has 0 aliphatic heterocycles. The Morgan fingerprint density at radius 3 is 2.12 bits per heavy atom. The lowest BCUT2D eigenvalue weighted by molar-refractivity contribution is 1.31. The van der Waals surface area contributed by atoms with Crippen LogP contribution >= 0.6 is 11.6 Å². The number of H-pyrrole nitrogens is 1. The molecule has 3 heteroatoms. The molecular formula is C23H19ClN2. The van der Waals surface area contributed by atoms with E-state index in [-0.39, 0.29) is 0 Å². The standard InChI is InChI=1S/C23H19ClN2/c1-15-7-5-9-17(13-15)21-22(18-10-6-8-16(2)14-18)26-23(25-21)19-11-3-4-12-20(19)24/h3-14H,1-2H3,(H,25,26). The van der Waals surface area contributed by atoms with Crippen molar-refractivity contribution in [2.24, 2.45) is 0 Å². The van der Waals surface area contributed by atoms with Crippen molar-refractivity contribution in [3.63, 3.8) is 0 Å². The van der Waals surface area contributed by atoms with Gasteiger partial charge in [0.15, 0.2) is 0 Å². The highest BCUT2D eigenvalue weighted by atomic mass is 35.5. The fourth-order valence-corrected chi connectivity index (χ4v) is 3.39. The molecule has 128 valence electrons. The zero-order chi connectivity index (χ0) is 18.1. The smallest absolute Gasteiger partial charge is 0.140 e. The van der Waals surface area contributed by atoms with Crippen LogP contribution in [0, 0.1) is 13.8 Å². The second-order valence-electron chi connectivity index (χ2n) is 6.53. The minimum absolute atomic E-state index is 0.688. The molecule has 0 aliphatic carbocycles. The zero-order valence-corrected chi connectivity index (χ0v) is 15.5. The number of nitrogens with zero attached hydrogens (tertiary/aromatic N) is 1. The van der Waals surface area contributed by atoms with E-state index >= 15 is 0 Å². The summed E-state index contributed by atoms with van der Waals surface area (Å²) in [6.07, 6.45) is 0. The lowest BCUT2D eigenvalue weighted by Gasteiger charge is -2.05. The Morgan fingerprint density at radius 2 is 1.42 bits per heavy atom. The third-order valence-electron chi connectivity index (χ3n) is 4.43. The number of nitrogens with one attached hydrogen (secondary N) is 1. The van der Waals surface area contributed by atoms with Crippen LogP contribution in [0.25, 0.3) is 33.9 Å². The first-order valence-electron chi connectivity index (χ1n) is 8.61. The van der Waals surface area contributed by atoms with Gasteiger partial charge in [0.2, 0.25) is 0 Å². The number of aromatic amines is 1. The van der Waals surface area contributed by atoms with Crippen molar-refractivity contribution in [1.82, 2.24) is 9.97 Å². The van der Waals surface area contributed by atoms with Crippen molar-refractivity contribution in [3.05, 3.63) is 88.9 Å².